The van der Waals surface area contributed by atoms with Crippen LogP contribution in [0.25, 0.3) is 0 Å². The molecule has 0 aliphatic rings. The van der Waals surface area contributed by atoms with Gasteiger partial charge in [-0.3, -0.25) is 10.1 Å². The predicted molar refractivity (Wildman–Crippen MR) is 61.0 cm³/mol. The van der Waals surface area contributed by atoms with Crippen LogP contribution in [-0.4, -0.2) is 35.8 Å². The summed E-state index contributed by atoms with van der Waals surface area (Å²) >= 11 is 5.39. The minimum absolute atomic E-state index is 0.173. The van der Waals surface area contributed by atoms with Gasteiger partial charge in [-0.05, 0) is 12.8 Å². The number of carbonyl (C=O) groups is 2. The first-order valence-corrected chi connectivity index (χ1v) is 5.69. The van der Waals surface area contributed by atoms with Crippen molar-refractivity contribution < 1.29 is 9.59 Å². The second-order valence-corrected chi connectivity index (χ2v) is 4.10. The molecule has 88 valence electrons. The van der Waals surface area contributed by atoms with Crippen LogP contribution in [0.2, 0.25) is 0 Å². The first-order chi connectivity index (χ1) is 7.01. The van der Waals surface area contributed by atoms with E-state index in [2.05, 4.69) is 5.32 Å². The number of imide groups is 1. The van der Waals surface area contributed by atoms with Crippen LogP contribution >= 0.6 is 11.6 Å². The second kappa shape index (κ2) is 7.51. The molecule has 0 saturated heterocycles. The van der Waals surface area contributed by atoms with Crippen LogP contribution in [0.4, 0.5) is 4.79 Å². The van der Waals surface area contributed by atoms with Crippen molar-refractivity contribution in [2.24, 2.45) is 5.92 Å². The zero-order valence-electron chi connectivity index (χ0n) is 9.55. The first-order valence-electron chi connectivity index (χ1n) is 5.16. The van der Waals surface area contributed by atoms with Crippen molar-refractivity contribution >= 4 is 23.5 Å². The third kappa shape index (κ3) is 6.33. The topological polar surface area (TPSA) is 49.4 Å². The van der Waals surface area contributed by atoms with E-state index < -0.39 is 0 Å². The smallest absolute Gasteiger partial charge is 0.324 e. The molecule has 0 aliphatic heterocycles. The average Bonchev–Trinajstić information content (AvgIpc) is 2.13. The molecule has 0 rings (SSSR count). The molecule has 0 bridgehead atoms. The molecule has 0 aromatic rings. The minimum atomic E-state index is -0.332. The third-order valence-corrected chi connectivity index (χ3v) is 2.01. The number of halogens is 1. The zero-order valence-corrected chi connectivity index (χ0v) is 10.3. The Morgan fingerprint density at radius 2 is 2.00 bits per heavy atom. The summed E-state index contributed by atoms with van der Waals surface area (Å²) in [6.45, 7) is 7.18. The highest BCUT2D eigenvalue weighted by Gasteiger charge is 2.14. The fourth-order valence-electron chi connectivity index (χ4n) is 1.14. The molecule has 4 nitrogen and oxygen atoms in total. The van der Waals surface area contributed by atoms with Gasteiger partial charge in [0.05, 0.1) is 0 Å². The third-order valence-electron chi connectivity index (χ3n) is 1.82. The van der Waals surface area contributed by atoms with E-state index in [1.165, 1.54) is 0 Å². The van der Waals surface area contributed by atoms with Gasteiger partial charge in [-0.25, -0.2) is 4.79 Å². The Morgan fingerprint density at radius 3 is 2.40 bits per heavy atom. The SMILES string of the molecule is CCN(CC(C)C)C(=O)NC(=O)CCCl. The lowest BCUT2D eigenvalue weighted by Crippen LogP contribution is -2.44. The van der Waals surface area contributed by atoms with Crippen molar-refractivity contribution in [3.8, 4) is 0 Å². The first kappa shape index (κ1) is 14.2. The van der Waals surface area contributed by atoms with Gasteiger partial charge in [0.2, 0.25) is 5.91 Å². The number of nitrogens with one attached hydrogen (secondary N) is 1. The summed E-state index contributed by atoms with van der Waals surface area (Å²) in [5.74, 6) is 0.297. The van der Waals surface area contributed by atoms with E-state index in [-0.39, 0.29) is 24.2 Å². The maximum absolute atomic E-state index is 11.5. The number of urea groups is 1. The molecule has 0 radical (unpaired) electrons. The summed E-state index contributed by atoms with van der Waals surface area (Å²) in [6, 6.07) is -0.332. The van der Waals surface area contributed by atoms with Crippen LogP contribution in [0.5, 0.6) is 0 Å². The second-order valence-electron chi connectivity index (χ2n) is 3.72. The van der Waals surface area contributed by atoms with Gasteiger partial charge in [-0.15, -0.1) is 11.6 Å². The number of amides is 3. The molecule has 0 unspecified atom stereocenters. The lowest BCUT2D eigenvalue weighted by molar-refractivity contribution is -0.119. The molecular weight excluding hydrogens is 216 g/mol. The van der Waals surface area contributed by atoms with Gasteiger partial charge < -0.3 is 4.90 Å². The van der Waals surface area contributed by atoms with E-state index in [1.54, 1.807) is 4.90 Å². The van der Waals surface area contributed by atoms with Gasteiger partial charge in [0.15, 0.2) is 0 Å². The standard InChI is InChI=1S/C10H19ClN2O2/c1-4-13(7-8(2)3)10(15)12-9(14)5-6-11/h8H,4-7H2,1-3H3,(H,12,14,15). The quantitative estimate of drug-likeness (QED) is 0.738. The fourth-order valence-corrected chi connectivity index (χ4v) is 1.31. The van der Waals surface area contributed by atoms with Crippen LogP contribution < -0.4 is 5.32 Å². The zero-order chi connectivity index (χ0) is 11.8. The molecule has 0 aromatic carbocycles. The lowest BCUT2D eigenvalue weighted by Gasteiger charge is -2.22. The number of carbonyl (C=O) groups excluding carboxylic acids is 2. The van der Waals surface area contributed by atoms with E-state index >= 15 is 0 Å². The van der Waals surface area contributed by atoms with Gasteiger partial charge in [-0.1, -0.05) is 13.8 Å². The summed E-state index contributed by atoms with van der Waals surface area (Å²) in [4.78, 5) is 24.3. The van der Waals surface area contributed by atoms with Crippen molar-refractivity contribution in [1.29, 1.82) is 0 Å². The van der Waals surface area contributed by atoms with Crippen LogP contribution in [0, 0.1) is 5.92 Å². The van der Waals surface area contributed by atoms with Crippen molar-refractivity contribution in [2.75, 3.05) is 19.0 Å². The summed E-state index contributed by atoms with van der Waals surface area (Å²) in [6.07, 6.45) is 0.173. The maximum atomic E-state index is 11.5. The van der Waals surface area contributed by atoms with E-state index in [4.69, 9.17) is 11.6 Å². The largest absolute Gasteiger partial charge is 0.324 e. The maximum Gasteiger partial charge on any atom is 0.324 e. The van der Waals surface area contributed by atoms with E-state index in [9.17, 15) is 9.59 Å². The molecule has 0 aromatic heterocycles. The molecule has 0 spiro atoms. The molecule has 0 heterocycles. The molecular formula is C10H19ClN2O2. The van der Waals surface area contributed by atoms with Crippen molar-refractivity contribution in [3.05, 3.63) is 0 Å². The minimum Gasteiger partial charge on any atom is -0.324 e. The highest BCUT2D eigenvalue weighted by molar-refractivity contribution is 6.19. The van der Waals surface area contributed by atoms with Crippen LogP contribution in [0.1, 0.15) is 27.2 Å². The van der Waals surface area contributed by atoms with Crippen molar-refractivity contribution in [1.82, 2.24) is 10.2 Å². The summed E-state index contributed by atoms with van der Waals surface area (Å²) < 4.78 is 0. The Labute approximate surface area is 96.0 Å². The predicted octanol–water partition coefficient (Wildman–Crippen LogP) is 1.83. The normalized spacial score (nSPS) is 10.2. The molecule has 0 aliphatic carbocycles. The molecule has 0 atom stereocenters. The lowest BCUT2D eigenvalue weighted by atomic mass is 10.2. The van der Waals surface area contributed by atoms with E-state index in [0.717, 1.165) is 0 Å². The molecule has 15 heavy (non-hydrogen) atoms. The number of alkyl halides is 1. The molecule has 1 N–H and O–H groups in total. The molecule has 3 amide bonds. The Balaban J connectivity index is 4.09. The van der Waals surface area contributed by atoms with Gasteiger partial charge in [-0.2, -0.15) is 0 Å². The number of nitrogens with zero attached hydrogens (tertiary/aromatic N) is 1. The Hall–Kier alpha value is -0.770. The Bertz CT molecular complexity index is 219. The molecule has 0 fully saturated rings. The van der Waals surface area contributed by atoms with Crippen LogP contribution in [-0.2, 0) is 4.79 Å². The summed E-state index contributed by atoms with van der Waals surface area (Å²) in [5.41, 5.74) is 0. The summed E-state index contributed by atoms with van der Waals surface area (Å²) in [7, 11) is 0. The average molecular weight is 235 g/mol. The van der Waals surface area contributed by atoms with Crippen LogP contribution in [0.15, 0.2) is 0 Å². The molecule has 5 heteroatoms. The number of rotatable bonds is 5. The van der Waals surface area contributed by atoms with Gasteiger partial charge in [0.25, 0.3) is 0 Å². The summed E-state index contributed by atoms with van der Waals surface area (Å²) in [5, 5.41) is 2.30. The highest BCUT2D eigenvalue weighted by Crippen LogP contribution is 1.99. The van der Waals surface area contributed by atoms with Gasteiger partial charge in [0.1, 0.15) is 0 Å². The number of hydrogen-bond donors (Lipinski definition) is 1. The van der Waals surface area contributed by atoms with Gasteiger partial charge in [0, 0.05) is 25.4 Å². The van der Waals surface area contributed by atoms with Crippen molar-refractivity contribution in [3.63, 3.8) is 0 Å². The monoisotopic (exact) mass is 234 g/mol. The van der Waals surface area contributed by atoms with E-state index in [1.807, 2.05) is 20.8 Å². The Morgan fingerprint density at radius 1 is 1.40 bits per heavy atom. The van der Waals surface area contributed by atoms with Crippen LogP contribution in [0.3, 0.4) is 0 Å². The number of hydrogen-bond acceptors (Lipinski definition) is 2. The Kier molecular flexibility index (Phi) is 7.13. The fraction of sp³-hybridized carbons (Fsp3) is 0.800. The van der Waals surface area contributed by atoms with Crippen molar-refractivity contribution in [2.45, 2.75) is 27.2 Å². The molecule has 0 saturated carbocycles. The highest BCUT2D eigenvalue weighted by atomic mass is 35.5. The van der Waals surface area contributed by atoms with E-state index in [0.29, 0.717) is 19.0 Å². The van der Waals surface area contributed by atoms with Gasteiger partial charge >= 0.3 is 6.03 Å².